The maximum Gasteiger partial charge on any atom is 0.416 e. The van der Waals surface area contributed by atoms with E-state index in [-0.39, 0.29) is 16.5 Å². The quantitative estimate of drug-likeness (QED) is 0.896. The van der Waals surface area contributed by atoms with Gasteiger partial charge in [-0.25, -0.2) is 0 Å². The van der Waals surface area contributed by atoms with Crippen LogP contribution in [0.4, 0.5) is 13.2 Å². The van der Waals surface area contributed by atoms with Crippen molar-refractivity contribution in [1.82, 2.24) is 0 Å². The molecule has 2 atom stereocenters. The molecule has 1 aliphatic carbocycles. The topological polar surface area (TPSA) is 46.2 Å². The largest absolute Gasteiger partial charge is 0.416 e. The summed E-state index contributed by atoms with van der Waals surface area (Å²) in [4.78, 5) is 0. The van der Waals surface area contributed by atoms with Crippen LogP contribution in [-0.2, 0) is 6.18 Å². The molecule has 106 valence electrons. The van der Waals surface area contributed by atoms with E-state index in [4.69, 9.17) is 17.3 Å². The number of alkyl halides is 3. The number of halogens is 4. The zero-order valence-corrected chi connectivity index (χ0v) is 10.9. The summed E-state index contributed by atoms with van der Waals surface area (Å²) in [6.45, 7) is 0. The van der Waals surface area contributed by atoms with Crippen LogP contribution < -0.4 is 5.73 Å². The molecule has 0 saturated heterocycles. The molecule has 0 bridgehead atoms. The molecule has 0 aliphatic heterocycles. The summed E-state index contributed by atoms with van der Waals surface area (Å²) in [5.41, 5.74) is 5.21. The van der Waals surface area contributed by atoms with Gasteiger partial charge < -0.3 is 10.8 Å². The third-order valence-electron chi connectivity index (χ3n) is 3.68. The van der Waals surface area contributed by atoms with Crippen molar-refractivity contribution in [3.8, 4) is 0 Å². The van der Waals surface area contributed by atoms with Crippen LogP contribution in [-0.4, -0.2) is 11.2 Å². The predicted octanol–water partition coefficient (Wildman–Crippen LogP) is 3.52. The molecular formula is C13H15ClF3NO. The van der Waals surface area contributed by atoms with E-state index in [2.05, 4.69) is 0 Å². The number of aliphatic hydroxyl groups is 1. The van der Waals surface area contributed by atoms with E-state index in [0.717, 1.165) is 31.4 Å². The molecule has 1 aromatic rings. The van der Waals surface area contributed by atoms with E-state index >= 15 is 0 Å². The van der Waals surface area contributed by atoms with Gasteiger partial charge in [0, 0.05) is 5.02 Å². The number of aliphatic hydroxyl groups excluding tert-OH is 1. The Morgan fingerprint density at radius 3 is 2.42 bits per heavy atom. The Labute approximate surface area is 114 Å². The van der Waals surface area contributed by atoms with Crippen LogP contribution in [0.1, 0.15) is 36.4 Å². The van der Waals surface area contributed by atoms with E-state index < -0.39 is 23.9 Å². The first-order valence-electron chi connectivity index (χ1n) is 6.11. The van der Waals surface area contributed by atoms with Crippen LogP contribution in [0.5, 0.6) is 0 Å². The molecule has 6 heteroatoms. The van der Waals surface area contributed by atoms with Gasteiger partial charge in [0.15, 0.2) is 0 Å². The predicted molar refractivity (Wildman–Crippen MR) is 66.7 cm³/mol. The summed E-state index contributed by atoms with van der Waals surface area (Å²) >= 11 is 5.89. The Kier molecular flexibility index (Phi) is 4.08. The zero-order valence-electron chi connectivity index (χ0n) is 10.1. The van der Waals surface area contributed by atoms with Crippen molar-refractivity contribution >= 4 is 11.6 Å². The van der Waals surface area contributed by atoms with E-state index in [1.165, 1.54) is 6.07 Å². The molecule has 0 heterocycles. The van der Waals surface area contributed by atoms with E-state index in [9.17, 15) is 18.3 Å². The fourth-order valence-electron chi connectivity index (χ4n) is 2.23. The number of rotatable bonds is 3. The zero-order chi connectivity index (χ0) is 14.2. The van der Waals surface area contributed by atoms with Gasteiger partial charge in [-0.3, -0.25) is 0 Å². The summed E-state index contributed by atoms with van der Waals surface area (Å²) in [6.07, 6.45) is -2.57. The SMILES string of the molecule is N[C@@H](c1cc(C(F)(F)F)ccc1Cl)[C@H](O)C1CCC1. The van der Waals surface area contributed by atoms with Crippen LogP contribution in [0, 0.1) is 5.92 Å². The van der Waals surface area contributed by atoms with Crippen LogP contribution in [0.3, 0.4) is 0 Å². The molecule has 19 heavy (non-hydrogen) atoms. The molecule has 0 unspecified atom stereocenters. The van der Waals surface area contributed by atoms with Gasteiger partial charge in [0.1, 0.15) is 0 Å². The summed E-state index contributed by atoms with van der Waals surface area (Å²) < 4.78 is 38.0. The van der Waals surface area contributed by atoms with Crippen molar-refractivity contribution in [2.24, 2.45) is 11.7 Å². The Morgan fingerprint density at radius 2 is 1.95 bits per heavy atom. The van der Waals surface area contributed by atoms with E-state index in [1.807, 2.05) is 0 Å². The lowest BCUT2D eigenvalue weighted by Crippen LogP contribution is -2.36. The van der Waals surface area contributed by atoms with Gasteiger partial charge in [-0.15, -0.1) is 0 Å². The molecule has 2 rings (SSSR count). The maximum atomic E-state index is 12.7. The van der Waals surface area contributed by atoms with Crippen molar-refractivity contribution in [1.29, 1.82) is 0 Å². The van der Waals surface area contributed by atoms with Gasteiger partial charge in [-0.05, 0) is 42.5 Å². The minimum absolute atomic E-state index is 0.0561. The second-order valence-corrected chi connectivity index (χ2v) is 5.35. The molecule has 3 N–H and O–H groups in total. The third kappa shape index (κ3) is 3.04. The third-order valence-corrected chi connectivity index (χ3v) is 4.03. The van der Waals surface area contributed by atoms with Gasteiger partial charge in [0.25, 0.3) is 0 Å². The molecular weight excluding hydrogens is 279 g/mol. The monoisotopic (exact) mass is 293 g/mol. The molecule has 1 aromatic carbocycles. The summed E-state index contributed by atoms with van der Waals surface area (Å²) in [5.74, 6) is 0.0561. The standard InChI is InChI=1S/C13H15ClF3NO/c14-10-5-4-8(13(15,16)17)6-9(10)11(18)12(19)7-2-1-3-7/h4-7,11-12,19H,1-3,18H2/t11-,12+/m0/s1. The van der Waals surface area contributed by atoms with Gasteiger partial charge in [0.2, 0.25) is 0 Å². The molecule has 0 radical (unpaired) electrons. The Bertz CT molecular complexity index is 460. The minimum atomic E-state index is -4.44. The average molecular weight is 294 g/mol. The lowest BCUT2D eigenvalue weighted by atomic mass is 9.77. The van der Waals surface area contributed by atoms with Crippen molar-refractivity contribution in [2.75, 3.05) is 0 Å². The first-order valence-corrected chi connectivity index (χ1v) is 6.49. The minimum Gasteiger partial charge on any atom is -0.391 e. The Hall–Kier alpha value is -0.780. The number of hydrogen-bond donors (Lipinski definition) is 2. The van der Waals surface area contributed by atoms with Crippen molar-refractivity contribution < 1.29 is 18.3 Å². The van der Waals surface area contributed by atoms with Crippen LogP contribution in [0.25, 0.3) is 0 Å². The molecule has 0 spiro atoms. The second kappa shape index (κ2) is 5.31. The second-order valence-electron chi connectivity index (χ2n) is 4.94. The number of hydrogen-bond acceptors (Lipinski definition) is 2. The van der Waals surface area contributed by atoms with Crippen molar-refractivity contribution in [3.63, 3.8) is 0 Å². The first-order chi connectivity index (χ1) is 8.80. The average Bonchev–Trinajstić information content (AvgIpc) is 2.24. The van der Waals surface area contributed by atoms with E-state index in [0.29, 0.717) is 0 Å². The maximum absolute atomic E-state index is 12.7. The summed E-state index contributed by atoms with van der Waals surface area (Å²) in [6, 6.07) is 2.12. The molecule has 0 amide bonds. The highest BCUT2D eigenvalue weighted by Crippen LogP contribution is 2.38. The number of nitrogens with two attached hydrogens (primary N) is 1. The molecule has 1 aliphatic rings. The van der Waals surface area contributed by atoms with Gasteiger partial charge in [-0.2, -0.15) is 13.2 Å². The highest BCUT2D eigenvalue weighted by Gasteiger charge is 2.34. The normalized spacial score (nSPS) is 19.9. The van der Waals surface area contributed by atoms with Crippen molar-refractivity contribution in [2.45, 2.75) is 37.6 Å². The molecule has 1 saturated carbocycles. The van der Waals surface area contributed by atoms with Crippen molar-refractivity contribution in [3.05, 3.63) is 34.3 Å². The lowest BCUT2D eigenvalue weighted by molar-refractivity contribution is -0.137. The Morgan fingerprint density at radius 1 is 1.32 bits per heavy atom. The van der Waals surface area contributed by atoms with E-state index in [1.54, 1.807) is 0 Å². The fourth-order valence-corrected chi connectivity index (χ4v) is 2.48. The summed E-state index contributed by atoms with van der Waals surface area (Å²) in [5, 5.41) is 10.2. The highest BCUT2D eigenvalue weighted by atomic mass is 35.5. The van der Waals surface area contributed by atoms with Crippen LogP contribution >= 0.6 is 11.6 Å². The highest BCUT2D eigenvalue weighted by molar-refractivity contribution is 6.31. The van der Waals surface area contributed by atoms with Gasteiger partial charge in [-0.1, -0.05) is 18.0 Å². The smallest absolute Gasteiger partial charge is 0.391 e. The molecule has 1 fully saturated rings. The Balaban J connectivity index is 2.27. The fraction of sp³-hybridized carbons (Fsp3) is 0.538. The number of benzene rings is 1. The van der Waals surface area contributed by atoms with Crippen LogP contribution in [0.2, 0.25) is 5.02 Å². The molecule has 2 nitrogen and oxygen atoms in total. The summed E-state index contributed by atoms with van der Waals surface area (Å²) in [7, 11) is 0. The van der Waals surface area contributed by atoms with Gasteiger partial charge in [0.05, 0.1) is 17.7 Å². The van der Waals surface area contributed by atoms with Crippen LogP contribution in [0.15, 0.2) is 18.2 Å². The van der Waals surface area contributed by atoms with Gasteiger partial charge >= 0.3 is 6.18 Å². The molecule has 0 aromatic heterocycles. The first kappa shape index (κ1) is 14.6. The lowest BCUT2D eigenvalue weighted by Gasteiger charge is -2.34.